The molecular formula is C19H22BrN3O3S. The van der Waals surface area contributed by atoms with E-state index in [0.717, 1.165) is 22.9 Å². The lowest BCUT2D eigenvalue weighted by Gasteiger charge is -2.34. The quantitative estimate of drug-likeness (QED) is 0.700. The largest absolute Gasteiger partial charge is 0.336 e. The number of pyridine rings is 1. The molecule has 8 heteroatoms. The van der Waals surface area contributed by atoms with Crippen molar-refractivity contribution >= 4 is 31.9 Å². The van der Waals surface area contributed by atoms with Gasteiger partial charge in [-0.1, -0.05) is 25.5 Å². The fourth-order valence-electron chi connectivity index (χ4n) is 3.11. The van der Waals surface area contributed by atoms with Crippen molar-refractivity contribution in [3.63, 3.8) is 0 Å². The second-order valence-corrected chi connectivity index (χ2v) is 9.34. The van der Waals surface area contributed by atoms with E-state index in [-0.39, 0.29) is 19.0 Å². The van der Waals surface area contributed by atoms with Crippen LogP contribution in [0, 0.1) is 0 Å². The molecule has 27 heavy (non-hydrogen) atoms. The summed E-state index contributed by atoms with van der Waals surface area (Å²) < 4.78 is 27.9. The molecule has 2 aromatic rings. The van der Waals surface area contributed by atoms with Crippen LogP contribution in [0.25, 0.3) is 0 Å². The van der Waals surface area contributed by atoms with Gasteiger partial charge in [-0.3, -0.25) is 9.78 Å². The van der Waals surface area contributed by atoms with Crippen molar-refractivity contribution in [3.8, 4) is 0 Å². The van der Waals surface area contributed by atoms with Gasteiger partial charge in [0, 0.05) is 43.0 Å². The number of hydrogen-bond acceptors (Lipinski definition) is 4. The number of aryl methyl sites for hydroxylation is 1. The maximum atomic E-state index is 12.9. The predicted molar refractivity (Wildman–Crippen MR) is 107 cm³/mol. The standard InChI is InChI=1S/C19H22BrN3O3S/c1-2-3-15-4-6-18(7-5-15)27(25,26)23-10-8-22(9-11-23)19(24)16-12-17(20)14-21-13-16/h4-7,12-14H,2-3,8-11H2,1H3. The molecule has 0 bridgehead atoms. The van der Waals surface area contributed by atoms with Gasteiger partial charge in [0.05, 0.1) is 10.5 Å². The van der Waals surface area contributed by atoms with Gasteiger partial charge in [0.2, 0.25) is 10.0 Å². The van der Waals surface area contributed by atoms with E-state index >= 15 is 0 Å². The summed E-state index contributed by atoms with van der Waals surface area (Å²) in [7, 11) is -3.54. The van der Waals surface area contributed by atoms with Crippen molar-refractivity contribution in [2.75, 3.05) is 26.2 Å². The van der Waals surface area contributed by atoms with Crippen LogP contribution in [-0.2, 0) is 16.4 Å². The number of rotatable bonds is 5. The number of hydrogen-bond donors (Lipinski definition) is 0. The zero-order valence-corrected chi connectivity index (χ0v) is 17.5. The topological polar surface area (TPSA) is 70.6 Å². The van der Waals surface area contributed by atoms with E-state index in [1.54, 1.807) is 29.3 Å². The van der Waals surface area contributed by atoms with E-state index in [1.165, 1.54) is 10.5 Å². The van der Waals surface area contributed by atoms with Gasteiger partial charge in [-0.05, 0) is 46.1 Å². The minimum Gasteiger partial charge on any atom is -0.336 e. The molecule has 0 aliphatic carbocycles. The zero-order valence-electron chi connectivity index (χ0n) is 15.1. The Bertz CT molecular complexity index is 908. The van der Waals surface area contributed by atoms with E-state index in [9.17, 15) is 13.2 Å². The first-order chi connectivity index (χ1) is 12.9. The van der Waals surface area contributed by atoms with Crippen LogP contribution in [-0.4, -0.2) is 54.7 Å². The van der Waals surface area contributed by atoms with E-state index in [4.69, 9.17) is 0 Å². The number of benzene rings is 1. The highest BCUT2D eigenvalue weighted by atomic mass is 79.9. The molecule has 0 radical (unpaired) electrons. The number of carbonyl (C=O) groups excluding carboxylic acids is 1. The van der Waals surface area contributed by atoms with Crippen molar-refractivity contribution in [3.05, 3.63) is 58.3 Å². The smallest absolute Gasteiger partial charge is 0.255 e. The monoisotopic (exact) mass is 451 g/mol. The van der Waals surface area contributed by atoms with Crippen molar-refractivity contribution in [2.24, 2.45) is 0 Å². The molecule has 1 aliphatic heterocycles. The second-order valence-electron chi connectivity index (χ2n) is 6.48. The second kappa shape index (κ2) is 8.50. The van der Waals surface area contributed by atoms with Gasteiger partial charge < -0.3 is 4.90 Å². The summed E-state index contributed by atoms with van der Waals surface area (Å²) >= 11 is 3.31. The molecule has 0 N–H and O–H groups in total. The summed E-state index contributed by atoms with van der Waals surface area (Å²) in [5, 5.41) is 0. The molecule has 1 saturated heterocycles. The summed E-state index contributed by atoms with van der Waals surface area (Å²) in [4.78, 5) is 18.6. The van der Waals surface area contributed by atoms with E-state index in [2.05, 4.69) is 27.8 Å². The van der Waals surface area contributed by atoms with Crippen LogP contribution in [0.15, 0.2) is 52.1 Å². The van der Waals surface area contributed by atoms with Gasteiger partial charge in [-0.2, -0.15) is 4.31 Å². The summed E-state index contributed by atoms with van der Waals surface area (Å²) in [6.07, 6.45) is 5.10. The third-order valence-corrected chi connectivity index (χ3v) is 6.92. The Hall–Kier alpha value is -1.77. The van der Waals surface area contributed by atoms with Crippen molar-refractivity contribution < 1.29 is 13.2 Å². The average Bonchev–Trinajstić information content (AvgIpc) is 2.68. The SMILES string of the molecule is CCCc1ccc(S(=O)(=O)N2CCN(C(=O)c3cncc(Br)c3)CC2)cc1. The minimum atomic E-state index is -3.54. The first-order valence-electron chi connectivity index (χ1n) is 8.90. The fourth-order valence-corrected chi connectivity index (χ4v) is 4.90. The summed E-state index contributed by atoms with van der Waals surface area (Å²) in [5.41, 5.74) is 1.63. The maximum absolute atomic E-state index is 12.9. The van der Waals surface area contributed by atoms with Crippen LogP contribution < -0.4 is 0 Å². The van der Waals surface area contributed by atoms with Gasteiger partial charge in [0.15, 0.2) is 0 Å². The Kier molecular flexibility index (Phi) is 6.29. The van der Waals surface area contributed by atoms with Crippen LogP contribution >= 0.6 is 15.9 Å². The Balaban J connectivity index is 1.66. The normalized spacial score (nSPS) is 15.7. The first-order valence-corrected chi connectivity index (χ1v) is 11.1. The van der Waals surface area contributed by atoms with Gasteiger partial charge in [-0.15, -0.1) is 0 Å². The average molecular weight is 452 g/mol. The zero-order chi connectivity index (χ0) is 19.4. The molecule has 0 atom stereocenters. The molecule has 144 valence electrons. The van der Waals surface area contributed by atoms with Crippen LogP contribution in [0.4, 0.5) is 0 Å². The van der Waals surface area contributed by atoms with Crippen molar-refractivity contribution in [1.82, 2.24) is 14.2 Å². The minimum absolute atomic E-state index is 0.134. The number of nitrogens with zero attached hydrogens (tertiary/aromatic N) is 3. The predicted octanol–water partition coefficient (Wildman–Crippen LogP) is 2.94. The molecule has 0 unspecified atom stereocenters. The highest BCUT2D eigenvalue weighted by molar-refractivity contribution is 9.10. The van der Waals surface area contributed by atoms with E-state index in [0.29, 0.717) is 23.5 Å². The van der Waals surface area contributed by atoms with Crippen molar-refractivity contribution in [1.29, 1.82) is 0 Å². The molecule has 6 nitrogen and oxygen atoms in total. The number of halogens is 1. The number of aromatic nitrogens is 1. The highest BCUT2D eigenvalue weighted by Gasteiger charge is 2.30. The Labute approximate surface area is 168 Å². The molecular weight excluding hydrogens is 430 g/mol. The lowest BCUT2D eigenvalue weighted by Crippen LogP contribution is -2.50. The van der Waals surface area contributed by atoms with Gasteiger partial charge in [0.1, 0.15) is 0 Å². The fraction of sp³-hybridized carbons (Fsp3) is 0.368. The van der Waals surface area contributed by atoms with Crippen LogP contribution in [0.2, 0.25) is 0 Å². The number of carbonyl (C=O) groups is 1. The van der Waals surface area contributed by atoms with Gasteiger partial charge in [-0.25, -0.2) is 8.42 Å². The number of piperazine rings is 1. The lowest BCUT2D eigenvalue weighted by atomic mass is 10.1. The summed E-state index contributed by atoms with van der Waals surface area (Å²) in [6, 6.07) is 8.80. The molecule has 1 fully saturated rings. The molecule has 0 spiro atoms. The molecule has 0 saturated carbocycles. The third-order valence-electron chi connectivity index (χ3n) is 4.58. The molecule has 1 aromatic carbocycles. The first kappa shape index (κ1) is 20.0. The molecule has 3 rings (SSSR count). The summed E-state index contributed by atoms with van der Waals surface area (Å²) in [5.74, 6) is -0.134. The Morgan fingerprint density at radius 1 is 1.11 bits per heavy atom. The van der Waals surface area contributed by atoms with Crippen LogP contribution in [0.5, 0.6) is 0 Å². The molecule has 1 amide bonds. The molecule has 1 aromatic heterocycles. The van der Waals surface area contributed by atoms with Crippen LogP contribution in [0.3, 0.4) is 0 Å². The van der Waals surface area contributed by atoms with Crippen molar-refractivity contribution in [2.45, 2.75) is 24.7 Å². The van der Waals surface area contributed by atoms with Crippen LogP contribution in [0.1, 0.15) is 29.3 Å². The number of sulfonamides is 1. The van der Waals surface area contributed by atoms with Gasteiger partial charge >= 0.3 is 0 Å². The number of amides is 1. The van der Waals surface area contributed by atoms with E-state index < -0.39 is 10.0 Å². The highest BCUT2D eigenvalue weighted by Crippen LogP contribution is 2.20. The lowest BCUT2D eigenvalue weighted by molar-refractivity contribution is 0.0697. The summed E-state index contributed by atoms with van der Waals surface area (Å²) in [6.45, 7) is 3.38. The van der Waals surface area contributed by atoms with E-state index in [1.807, 2.05) is 12.1 Å². The van der Waals surface area contributed by atoms with Gasteiger partial charge in [0.25, 0.3) is 5.91 Å². The Morgan fingerprint density at radius 2 is 1.78 bits per heavy atom. The maximum Gasteiger partial charge on any atom is 0.255 e. The Morgan fingerprint density at radius 3 is 2.37 bits per heavy atom. The third kappa shape index (κ3) is 4.56. The molecule has 2 heterocycles. The molecule has 1 aliphatic rings.